The van der Waals surface area contributed by atoms with E-state index in [1.54, 1.807) is 0 Å². The van der Waals surface area contributed by atoms with Gasteiger partial charge in [0.05, 0.1) is 19.3 Å². The minimum Gasteiger partial charge on any atom is -0.378 e. The van der Waals surface area contributed by atoms with Crippen LogP contribution in [0.5, 0.6) is 0 Å². The monoisotopic (exact) mass is 195 g/mol. The molecule has 1 aliphatic carbocycles. The number of nitrogens with one attached hydrogen (secondary N) is 1. The summed E-state index contributed by atoms with van der Waals surface area (Å²) in [6.45, 7) is 2.06. The molecular formula is C11H17NO2. The fraction of sp³-hybridized carbons (Fsp3) is 0.727. The molecule has 1 N–H and O–H groups in total. The van der Waals surface area contributed by atoms with Crippen LogP contribution >= 0.6 is 0 Å². The highest BCUT2D eigenvalue weighted by molar-refractivity contribution is 5.99. The highest BCUT2D eigenvalue weighted by Crippen LogP contribution is 2.19. The second kappa shape index (κ2) is 4.71. The van der Waals surface area contributed by atoms with Crippen LogP contribution in [0, 0.1) is 0 Å². The molecule has 1 fully saturated rings. The van der Waals surface area contributed by atoms with E-state index in [0.717, 1.165) is 38.0 Å². The maximum Gasteiger partial charge on any atom is 0.177 e. The normalized spacial score (nSPS) is 28.3. The van der Waals surface area contributed by atoms with Crippen LogP contribution in [-0.4, -0.2) is 31.6 Å². The van der Waals surface area contributed by atoms with Crippen molar-refractivity contribution in [2.24, 2.45) is 0 Å². The van der Waals surface area contributed by atoms with E-state index in [0.29, 0.717) is 6.61 Å². The third-order valence-corrected chi connectivity index (χ3v) is 2.85. The van der Waals surface area contributed by atoms with Gasteiger partial charge in [-0.2, -0.15) is 0 Å². The Kier molecular flexibility index (Phi) is 3.32. The van der Waals surface area contributed by atoms with Gasteiger partial charge in [-0.1, -0.05) is 6.08 Å². The fourth-order valence-corrected chi connectivity index (χ4v) is 2.02. The number of carbonyl (C=O) groups excluding carboxylic acids is 1. The Balaban J connectivity index is 1.95. The van der Waals surface area contributed by atoms with Crippen molar-refractivity contribution in [3.8, 4) is 0 Å². The van der Waals surface area contributed by atoms with Crippen molar-refractivity contribution in [1.82, 2.24) is 5.32 Å². The quantitative estimate of drug-likeness (QED) is 0.715. The summed E-state index contributed by atoms with van der Waals surface area (Å²) >= 11 is 0. The molecule has 78 valence electrons. The topological polar surface area (TPSA) is 38.3 Å². The molecule has 14 heavy (non-hydrogen) atoms. The predicted octanol–water partition coefficient (Wildman–Crippen LogP) is 1.04. The lowest BCUT2D eigenvalue weighted by Crippen LogP contribution is -2.47. The van der Waals surface area contributed by atoms with Crippen LogP contribution in [-0.2, 0) is 9.53 Å². The van der Waals surface area contributed by atoms with E-state index in [1.807, 2.05) is 0 Å². The van der Waals surface area contributed by atoms with Crippen molar-refractivity contribution in [3.63, 3.8) is 0 Å². The molecular weight excluding hydrogens is 178 g/mol. The highest BCUT2D eigenvalue weighted by Gasteiger charge is 2.24. The predicted molar refractivity (Wildman–Crippen MR) is 54.2 cm³/mol. The number of allylic oxidation sites excluding steroid dienone is 1. The first kappa shape index (κ1) is 9.87. The van der Waals surface area contributed by atoms with Crippen LogP contribution in [0.15, 0.2) is 11.6 Å². The van der Waals surface area contributed by atoms with Gasteiger partial charge in [-0.3, -0.25) is 4.79 Å². The minimum atomic E-state index is -0.0897. The number of ether oxygens (including phenoxy) is 1. The van der Waals surface area contributed by atoms with E-state index in [9.17, 15) is 4.79 Å². The Morgan fingerprint density at radius 1 is 1.50 bits per heavy atom. The molecule has 1 atom stereocenters. The van der Waals surface area contributed by atoms with Crippen LogP contribution in [0.3, 0.4) is 0 Å². The van der Waals surface area contributed by atoms with Crippen molar-refractivity contribution in [1.29, 1.82) is 0 Å². The Morgan fingerprint density at radius 2 is 2.43 bits per heavy atom. The van der Waals surface area contributed by atoms with Crippen LogP contribution < -0.4 is 5.32 Å². The number of Topliss-reactive ketones (excluding diaryl/α,β-unsaturated/α-hetero) is 1. The SMILES string of the molecule is O=C(C1=CCCCC1)C1COCCN1. The van der Waals surface area contributed by atoms with Gasteiger partial charge >= 0.3 is 0 Å². The number of morpholine rings is 1. The lowest BCUT2D eigenvalue weighted by molar-refractivity contribution is -0.120. The summed E-state index contributed by atoms with van der Waals surface area (Å²) in [4.78, 5) is 11.9. The molecule has 0 bridgehead atoms. The molecule has 2 rings (SSSR count). The van der Waals surface area contributed by atoms with Crippen LogP contribution in [0.25, 0.3) is 0 Å². The molecule has 3 heteroatoms. The van der Waals surface area contributed by atoms with Crippen molar-refractivity contribution in [2.45, 2.75) is 31.7 Å². The number of ketones is 1. The van der Waals surface area contributed by atoms with Crippen molar-refractivity contribution in [2.75, 3.05) is 19.8 Å². The smallest absolute Gasteiger partial charge is 0.177 e. The standard InChI is InChI=1S/C11H17NO2/c13-11(9-4-2-1-3-5-9)10-8-14-7-6-12-10/h4,10,12H,1-3,5-8H2. The molecule has 1 saturated heterocycles. The Morgan fingerprint density at radius 3 is 3.07 bits per heavy atom. The molecule has 0 spiro atoms. The second-order valence-corrected chi connectivity index (χ2v) is 3.92. The van der Waals surface area contributed by atoms with Gasteiger partial charge in [-0.25, -0.2) is 0 Å². The molecule has 2 aliphatic rings. The summed E-state index contributed by atoms with van der Waals surface area (Å²) in [6, 6.07) is -0.0897. The first-order valence-electron chi connectivity index (χ1n) is 5.42. The van der Waals surface area contributed by atoms with Gasteiger partial charge in [0.15, 0.2) is 5.78 Å². The average molecular weight is 195 g/mol. The average Bonchev–Trinajstić information content (AvgIpc) is 2.30. The molecule has 1 aliphatic heterocycles. The van der Waals surface area contributed by atoms with Gasteiger partial charge in [0, 0.05) is 6.54 Å². The summed E-state index contributed by atoms with van der Waals surface area (Å²) < 4.78 is 5.28. The molecule has 0 aromatic heterocycles. The van der Waals surface area contributed by atoms with Crippen LogP contribution in [0.4, 0.5) is 0 Å². The Hall–Kier alpha value is -0.670. The van der Waals surface area contributed by atoms with Gasteiger partial charge in [0.2, 0.25) is 0 Å². The number of hydrogen-bond donors (Lipinski definition) is 1. The number of hydrogen-bond acceptors (Lipinski definition) is 3. The first-order chi connectivity index (χ1) is 6.88. The molecule has 0 radical (unpaired) electrons. The summed E-state index contributed by atoms with van der Waals surface area (Å²) in [5.74, 6) is 0.254. The van der Waals surface area contributed by atoms with E-state index in [-0.39, 0.29) is 11.8 Å². The van der Waals surface area contributed by atoms with Gasteiger partial charge in [0.25, 0.3) is 0 Å². The zero-order valence-corrected chi connectivity index (χ0v) is 8.42. The van der Waals surface area contributed by atoms with Crippen LogP contribution in [0.1, 0.15) is 25.7 Å². The largest absolute Gasteiger partial charge is 0.378 e. The van der Waals surface area contributed by atoms with E-state index in [4.69, 9.17) is 4.74 Å². The molecule has 0 amide bonds. The van der Waals surface area contributed by atoms with E-state index in [2.05, 4.69) is 11.4 Å². The molecule has 0 aromatic carbocycles. The zero-order chi connectivity index (χ0) is 9.80. The van der Waals surface area contributed by atoms with Gasteiger partial charge in [-0.15, -0.1) is 0 Å². The minimum absolute atomic E-state index is 0.0897. The molecule has 0 aromatic rings. The van der Waals surface area contributed by atoms with E-state index < -0.39 is 0 Å². The van der Waals surface area contributed by atoms with E-state index in [1.165, 1.54) is 6.42 Å². The molecule has 3 nitrogen and oxygen atoms in total. The summed E-state index contributed by atoms with van der Waals surface area (Å²) in [5, 5.41) is 3.20. The molecule has 0 saturated carbocycles. The van der Waals surface area contributed by atoms with Crippen molar-refractivity contribution >= 4 is 5.78 Å². The third-order valence-electron chi connectivity index (χ3n) is 2.85. The molecule has 1 heterocycles. The van der Waals surface area contributed by atoms with E-state index >= 15 is 0 Å². The van der Waals surface area contributed by atoms with Gasteiger partial charge < -0.3 is 10.1 Å². The van der Waals surface area contributed by atoms with Crippen molar-refractivity contribution < 1.29 is 9.53 Å². The lowest BCUT2D eigenvalue weighted by atomic mass is 9.93. The molecule has 1 unspecified atom stereocenters. The Bertz CT molecular complexity index is 242. The number of carbonyl (C=O) groups is 1. The van der Waals surface area contributed by atoms with Crippen molar-refractivity contribution in [3.05, 3.63) is 11.6 Å². The van der Waals surface area contributed by atoms with Gasteiger partial charge in [-0.05, 0) is 31.3 Å². The third kappa shape index (κ3) is 2.22. The maximum atomic E-state index is 11.9. The lowest BCUT2D eigenvalue weighted by Gasteiger charge is -2.24. The zero-order valence-electron chi connectivity index (χ0n) is 8.42. The highest BCUT2D eigenvalue weighted by atomic mass is 16.5. The first-order valence-corrected chi connectivity index (χ1v) is 5.42. The number of rotatable bonds is 2. The van der Waals surface area contributed by atoms with Crippen LogP contribution in [0.2, 0.25) is 0 Å². The van der Waals surface area contributed by atoms with Gasteiger partial charge in [0.1, 0.15) is 0 Å². The summed E-state index contributed by atoms with van der Waals surface area (Å²) in [7, 11) is 0. The summed E-state index contributed by atoms with van der Waals surface area (Å²) in [5.41, 5.74) is 1.01. The Labute approximate surface area is 84.5 Å². The summed E-state index contributed by atoms with van der Waals surface area (Å²) in [6.07, 6.45) is 6.50. The maximum absolute atomic E-state index is 11.9. The second-order valence-electron chi connectivity index (χ2n) is 3.92. The fourth-order valence-electron chi connectivity index (χ4n) is 2.02.